The van der Waals surface area contributed by atoms with Crippen LogP contribution in [0.3, 0.4) is 0 Å². The molecule has 1 N–H and O–H groups in total. The molecule has 6 heteroatoms. The van der Waals surface area contributed by atoms with Crippen molar-refractivity contribution in [2.24, 2.45) is 0 Å². The van der Waals surface area contributed by atoms with Crippen LogP contribution < -0.4 is 0 Å². The molecule has 3 heterocycles. The first kappa shape index (κ1) is 16.8. The topological polar surface area (TPSA) is 68.4 Å². The standard InChI is InChI=1S/C20H19NO4S/c1-12-4-6-15-14(11-12)13(19(21-15)17-3-2-10-26-17)5-7-18(22)25-16-8-9-24-20(16)23/h2-4,6,10-11,16,21H,5,7-9H2,1H3/t16-/m1/s1. The number of fused-ring (bicyclic) bond motifs is 1. The molecule has 5 nitrogen and oxygen atoms in total. The molecule has 1 atom stereocenters. The molecule has 0 aliphatic carbocycles. The Morgan fingerprint density at radius 3 is 3.00 bits per heavy atom. The van der Waals surface area contributed by atoms with Gasteiger partial charge in [-0.15, -0.1) is 11.3 Å². The van der Waals surface area contributed by atoms with E-state index in [1.165, 1.54) is 5.56 Å². The predicted octanol–water partition coefficient (Wildman–Crippen LogP) is 4.00. The van der Waals surface area contributed by atoms with Crippen molar-refractivity contribution in [1.82, 2.24) is 4.98 Å². The zero-order valence-electron chi connectivity index (χ0n) is 14.4. The largest absolute Gasteiger partial charge is 0.463 e. The van der Waals surface area contributed by atoms with Crippen LogP contribution in [-0.4, -0.2) is 29.6 Å². The van der Waals surface area contributed by atoms with Crippen molar-refractivity contribution in [2.45, 2.75) is 32.3 Å². The maximum atomic E-state index is 12.2. The number of nitrogens with one attached hydrogen (secondary N) is 1. The molecule has 26 heavy (non-hydrogen) atoms. The van der Waals surface area contributed by atoms with E-state index >= 15 is 0 Å². The van der Waals surface area contributed by atoms with Crippen LogP contribution in [0.15, 0.2) is 35.7 Å². The van der Waals surface area contributed by atoms with Crippen LogP contribution in [0, 0.1) is 6.92 Å². The quantitative estimate of drug-likeness (QED) is 0.690. The lowest BCUT2D eigenvalue weighted by Crippen LogP contribution is -2.22. The Labute approximate surface area is 154 Å². The number of thiophene rings is 1. The molecule has 0 amide bonds. The van der Waals surface area contributed by atoms with Crippen molar-refractivity contribution >= 4 is 34.2 Å². The van der Waals surface area contributed by atoms with E-state index in [9.17, 15) is 9.59 Å². The van der Waals surface area contributed by atoms with Crippen LogP contribution in [0.2, 0.25) is 0 Å². The minimum Gasteiger partial charge on any atom is -0.463 e. The summed E-state index contributed by atoms with van der Waals surface area (Å²) in [7, 11) is 0. The van der Waals surface area contributed by atoms with Crippen molar-refractivity contribution in [2.75, 3.05) is 6.61 Å². The molecule has 2 aromatic heterocycles. The number of ether oxygens (including phenoxy) is 2. The summed E-state index contributed by atoms with van der Waals surface area (Å²) in [5.74, 6) is -0.812. The van der Waals surface area contributed by atoms with Gasteiger partial charge in [-0.25, -0.2) is 4.79 Å². The van der Waals surface area contributed by atoms with Gasteiger partial charge in [-0.1, -0.05) is 17.7 Å². The molecule has 1 saturated heterocycles. The molecule has 1 fully saturated rings. The van der Waals surface area contributed by atoms with Gasteiger partial charge in [0.15, 0.2) is 0 Å². The van der Waals surface area contributed by atoms with Gasteiger partial charge in [-0.05, 0) is 42.5 Å². The highest BCUT2D eigenvalue weighted by atomic mass is 32.1. The van der Waals surface area contributed by atoms with E-state index in [1.54, 1.807) is 11.3 Å². The second-order valence-corrected chi connectivity index (χ2v) is 7.39. The Morgan fingerprint density at radius 1 is 1.38 bits per heavy atom. The van der Waals surface area contributed by atoms with Crippen molar-refractivity contribution in [3.8, 4) is 10.6 Å². The average molecular weight is 369 g/mol. The minimum absolute atomic E-state index is 0.225. The number of H-pyrrole nitrogens is 1. The third-order valence-electron chi connectivity index (χ3n) is 4.57. The fourth-order valence-corrected chi connectivity index (χ4v) is 4.03. The maximum absolute atomic E-state index is 12.2. The molecule has 0 saturated carbocycles. The summed E-state index contributed by atoms with van der Waals surface area (Å²) < 4.78 is 10.1. The van der Waals surface area contributed by atoms with E-state index in [0.29, 0.717) is 19.4 Å². The number of carbonyl (C=O) groups excluding carboxylic acids is 2. The average Bonchev–Trinajstić information content (AvgIpc) is 3.34. The van der Waals surface area contributed by atoms with E-state index in [0.717, 1.165) is 27.0 Å². The highest BCUT2D eigenvalue weighted by molar-refractivity contribution is 7.13. The van der Waals surface area contributed by atoms with Gasteiger partial charge in [0, 0.05) is 23.7 Å². The molecular weight excluding hydrogens is 350 g/mol. The molecule has 0 radical (unpaired) electrons. The summed E-state index contributed by atoms with van der Waals surface area (Å²) >= 11 is 1.66. The summed E-state index contributed by atoms with van der Waals surface area (Å²) in [6, 6.07) is 10.4. The van der Waals surface area contributed by atoms with Gasteiger partial charge in [-0.2, -0.15) is 0 Å². The van der Waals surface area contributed by atoms with Crippen LogP contribution in [0.1, 0.15) is 24.0 Å². The number of aryl methyl sites for hydroxylation is 2. The highest BCUT2D eigenvalue weighted by Crippen LogP contribution is 2.34. The first-order valence-corrected chi connectivity index (χ1v) is 9.51. The van der Waals surface area contributed by atoms with Gasteiger partial charge in [0.1, 0.15) is 0 Å². The lowest BCUT2D eigenvalue weighted by atomic mass is 10.0. The first-order chi connectivity index (χ1) is 12.6. The monoisotopic (exact) mass is 369 g/mol. The second kappa shape index (κ2) is 6.96. The first-order valence-electron chi connectivity index (χ1n) is 8.63. The van der Waals surface area contributed by atoms with Gasteiger partial charge in [-0.3, -0.25) is 4.79 Å². The van der Waals surface area contributed by atoms with Crippen LogP contribution in [-0.2, 0) is 25.5 Å². The van der Waals surface area contributed by atoms with Crippen LogP contribution in [0.5, 0.6) is 0 Å². The SMILES string of the molecule is Cc1ccc2[nH]c(-c3cccs3)c(CCC(=O)O[C@@H]3CCOC3=O)c2c1. The number of hydrogen-bond donors (Lipinski definition) is 1. The van der Waals surface area contributed by atoms with Gasteiger partial charge in [0.2, 0.25) is 6.10 Å². The van der Waals surface area contributed by atoms with E-state index in [2.05, 4.69) is 36.2 Å². The third kappa shape index (κ3) is 3.24. The Kier molecular flexibility index (Phi) is 4.51. The van der Waals surface area contributed by atoms with Crippen molar-refractivity contribution in [1.29, 1.82) is 0 Å². The van der Waals surface area contributed by atoms with E-state index < -0.39 is 12.1 Å². The Bertz CT molecular complexity index is 958. The van der Waals surface area contributed by atoms with Gasteiger partial charge in [0.25, 0.3) is 0 Å². The highest BCUT2D eigenvalue weighted by Gasteiger charge is 2.30. The van der Waals surface area contributed by atoms with Crippen molar-refractivity contribution < 1.29 is 19.1 Å². The van der Waals surface area contributed by atoms with Crippen molar-refractivity contribution in [3.63, 3.8) is 0 Å². The Morgan fingerprint density at radius 2 is 2.27 bits per heavy atom. The lowest BCUT2D eigenvalue weighted by Gasteiger charge is -2.09. The number of cyclic esters (lactones) is 1. The molecule has 0 bridgehead atoms. The number of hydrogen-bond acceptors (Lipinski definition) is 5. The van der Waals surface area contributed by atoms with E-state index in [4.69, 9.17) is 9.47 Å². The summed E-state index contributed by atoms with van der Waals surface area (Å²) in [5, 5.41) is 3.16. The zero-order valence-corrected chi connectivity index (χ0v) is 15.2. The molecule has 1 aromatic carbocycles. The predicted molar refractivity (Wildman–Crippen MR) is 100 cm³/mol. The fourth-order valence-electron chi connectivity index (χ4n) is 3.28. The minimum atomic E-state index is -0.746. The lowest BCUT2D eigenvalue weighted by molar-refractivity contribution is -0.160. The fraction of sp³-hybridized carbons (Fsp3) is 0.300. The number of aromatic amines is 1. The number of aromatic nitrogens is 1. The van der Waals surface area contributed by atoms with Gasteiger partial charge >= 0.3 is 11.9 Å². The Hall–Kier alpha value is -2.60. The second-order valence-electron chi connectivity index (χ2n) is 6.44. The number of benzene rings is 1. The molecule has 3 aromatic rings. The summed E-state index contributed by atoms with van der Waals surface area (Å²) in [5.41, 5.74) is 4.39. The molecular formula is C20H19NO4S. The van der Waals surface area contributed by atoms with E-state index in [-0.39, 0.29) is 12.4 Å². The smallest absolute Gasteiger partial charge is 0.347 e. The molecule has 1 aliphatic rings. The van der Waals surface area contributed by atoms with Crippen molar-refractivity contribution in [3.05, 3.63) is 46.8 Å². The Balaban J connectivity index is 1.58. The van der Waals surface area contributed by atoms with E-state index in [1.807, 2.05) is 11.4 Å². The zero-order chi connectivity index (χ0) is 18.1. The molecule has 4 rings (SSSR count). The van der Waals surface area contributed by atoms with Gasteiger partial charge in [0.05, 0.1) is 17.2 Å². The number of carbonyl (C=O) groups is 2. The number of rotatable bonds is 5. The third-order valence-corrected chi connectivity index (χ3v) is 5.46. The normalized spacial score (nSPS) is 16.8. The van der Waals surface area contributed by atoms with Crippen LogP contribution >= 0.6 is 11.3 Å². The molecule has 0 spiro atoms. The molecule has 0 unspecified atom stereocenters. The van der Waals surface area contributed by atoms with Crippen LogP contribution in [0.4, 0.5) is 0 Å². The number of esters is 2. The summed E-state index contributed by atoms with van der Waals surface area (Å²) in [6.07, 6.45) is 0.474. The summed E-state index contributed by atoms with van der Waals surface area (Å²) in [6.45, 7) is 2.38. The summed E-state index contributed by atoms with van der Waals surface area (Å²) in [4.78, 5) is 28.3. The van der Waals surface area contributed by atoms with Crippen LogP contribution in [0.25, 0.3) is 21.5 Å². The molecule has 1 aliphatic heterocycles. The molecule has 134 valence electrons. The maximum Gasteiger partial charge on any atom is 0.347 e. The van der Waals surface area contributed by atoms with Gasteiger partial charge < -0.3 is 14.5 Å².